The molecule has 0 fully saturated rings. The van der Waals surface area contributed by atoms with Crippen LogP contribution < -0.4 is 10.6 Å². The van der Waals surface area contributed by atoms with Gasteiger partial charge in [0.2, 0.25) is 0 Å². The highest BCUT2D eigenvalue weighted by molar-refractivity contribution is 6.00. The molecule has 0 aliphatic carbocycles. The first-order valence-electron chi connectivity index (χ1n) is 6.37. The Morgan fingerprint density at radius 1 is 1.35 bits per heavy atom. The molecule has 0 spiro atoms. The number of amides is 2. The number of carbonyl (C=O) groups is 2. The Bertz CT molecular complexity index is 515. The second kappa shape index (κ2) is 6.36. The van der Waals surface area contributed by atoms with Gasteiger partial charge in [-0.15, -0.1) is 0 Å². The maximum Gasteiger partial charge on any atom is 0.337 e. The van der Waals surface area contributed by atoms with Crippen LogP contribution in [-0.4, -0.2) is 22.6 Å². The highest BCUT2D eigenvalue weighted by atomic mass is 19.1. The van der Waals surface area contributed by atoms with Crippen LogP contribution in [0.4, 0.5) is 14.9 Å². The van der Waals surface area contributed by atoms with Crippen molar-refractivity contribution in [2.75, 3.05) is 5.32 Å². The van der Waals surface area contributed by atoms with Gasteiger partial charge in [-0.25, -0.2) is 14.0 Å². The Labute approximate surface area is 117 Å². The minimum absolute atomic E-state index is 0.0673. The average molecular weight is 282 g/mol. The zero-order valence-electron chi connectivity index (χ0n) is 11.8. The van der Waals surface area contributed by atoms with E-state index in [9.17, 15) is 14.0 Å². The van der Waals surface area contributed by atoms with E-state index in [0.717, 1.165) is 31.0 Å². The zero-order chi connectivity index (χ0) is 15.3. The van der Waals surface area contributed by atoms with Gasteiger partial charge in [0, 0.05) is 5.54 Å². The number of hydrogen-bond donors (Lipinski definition) is 3. The Hall–Kier alpha value is -2.11. The molecule has 1 rings (SSSR count). The van der Waals surface area contributed by atoms with Gasteiger partial charge in [0.25, 0.3) is 0 Å². The van der Waals surface area contributed by atoms with Gasteiger partial charge in [-0.05, 0) is 38.5 Å². The zero-order valence-corrected chi connectivity index (χ0v) is 11.8. The number of halogens is 1. The summed E-state index contributed by atoms with van der Waals surface area (Å²) in [5.41, 5.74) is -0.646. The molecule has 0 bridgehead atoms. The molecular weight excluding hydrogens is 263 g/mol. The summed E-state index contributed by atoms with van der Waals surface area (Å²) >= 11 is 0. The van der Waals surface area contributed by atoms with Crippen molar-refractivity contribution >= 4 is 17.7 Å². The topological polar surface area (TPSA) is 78.4 Å². The van der Waals surface area contributed by atoms with Crippen molar-refractivity contribution in [3.8, 4) is 0 Å². The summed E-state index contributed by atoms with van der Waals surface area (Å²) < 4.78 is 13.2. The predicted molar refractivity (Wildman–Crippen MR) is 74.5 cm³/mol. The average Bonchev–Trinajstić information content (AvgIpc) is 2.26. The maximum atomic E-state index is 13.2. The number of nitrogens with one attached hydrogen (secondary N) is 2. The molecule has 0 aromatic heterocycles. The summed E-state index contributed by atoms with van der Waals surface area (Å²) in [6, 6.07) is 2.57. The number of benzene rings is 1. The maximum absolute atomic E-state index is 13.2. The van der Waals surface area contributed by atoms with Gasteiger partial charge in [0.1, 0.15) is 5.82 Å². The van der Waals surface area contributed by atoms with E-state index in [4.69, 9.17) is 5.11 Å². The summed E-state index contributed by atoms with van der Waals surface area (Å²) in [7, 11) is 0. The van der Waals surface area contributed by atoms with Gasteiger partial charge in [-0.2, -0.15) is 0 Å². The number of rotatable bonds is 5. The molecule has 0 unspecified atom stereocenters. The van der Waals surface area contributed by atoms with Gasteiger partial charge in [0.05, 0.1) is 11.3 Å². The van der Waals surface area contributed by atoms with Crippen molar-refractivity contribution in [3.05, 3.63) is 29.6 Å². The third-order valence-electron chi connectivity index (χ3n) is 2.79. The van der Waals surface area contributed by atoms with Gasteiger partial charge in [0.15, 0.2) is 0 Å². The third kappa shape index (κ3) is 4.53. The van der Waals surface area contributed by atoms with Crippen molar-refractivity contribution in [3.63, 3.8) is 0 Å². The van der Waals surface area contributed by atoms with Crippen LogP contribution in [0.3, 0.4) is 0 Å². The first-order chi connectivity index (χ1) is 9.25. The van der Waals surface area contributed by atoms with E-state index in [1.54, 1.807) is 0 Å². The predicted octanol–water partition coefficient (Wildman–Crippen LogP) is 3.22. The van der Waals surface area contributed by atoms with Crippen LogP contribution in [0.5, 0.6) is 0 Å². The van der Waals surface area contributed by atoms with E-state index in [1.165, 1.54) is 0 Å². The van der Waals surface area contributed by atoms with Crippen LogP contribution in [0.15, 0.2) is 18.2 Å². The Kier molecular flexibility index (Phi) is 5.07. The second-order valence-electron chi connectivity index (χ2n) is 5.21. The molecule has 0 radical (unpaired) electrons. The molecule has 110 valence electrons. The van der Waals surface area contributed by atoms with E-state index in [1.807, 2.05) is 20.8 Å². The monoisotopic (exact) mass is 282 g/mol. The van der Waals surface area contributed by atoms with Crippen LogP contribution in [0.25, 0.3) is 0 Å². The number of anilines is 1. The third-order valence-corrected chi connectivity index (χ3v) is 2.79. The standard InChI is InChI=1S/C14H19FN2O3/c1-4-7-14(2,3)17-13(20)16-11-8-9(15)5-6-10(11)12(18)19/h5-6,8H,4,7H2,1-3H3,(H,18,19)(H2,16,17,20). The normalized spacial score (nSPS) is 11.0. The number of carboxylic acid groups (broad SMARTS) is 1. The van der Waals surface area contributed by atoms with Crippen LogP contribution in [-0.2, 0) is 0 Å². The van der Waals surface area contributed by atoms with Crippen LogP contribution in [0, 0.1) is 5.82 Å². The van der Waals surface area contributed by atoms with Crippen molar-refractivity contribution in [2.24, 2.45) is 0 Å². The molecule has 0 heterocycles. The Morgan fingerprint density at radius 3 is 2.55 bits per heavy atom. The minimum atomic E-state index is -1.23. The highest BCUT2D eigenvalue weighted by Crippen LogP contribution is 2.18. The first kappa shape index (κ1) is 15.9. The lowest BCUT2D eigenvalue weighted by molar-refractivity contribution is 0.0698. The van der Waals surface area contributed by atoms with Crippen molar-refractivity contribution in [1.82, 2.24) is 5.32 Å². The quantitative estimate of drug-likeness (QED) is 0.775. The molecule has 1 aromatic carbocycles. The molecule has 0 aliphatic rings. The molecule has 1 aromatic rings. The summed E-state index contributed by atoms with van der Waals surface area (Å²) in [6.07, 6.45) is 1.67. The fourth-order valence-electron chi connectivity index (χ4n) is 1.95. The van der Waals surface area contributed by atoms with Gasteiger partial charge in [-0.1, -0.05) is 13.3 Å². The number of carbonyl (C=O) groups excluding carboxylic acids is 1. The largest absolute Gasteiger partial charge is 0.478 e. The molecule has 3 N–H and O–H groups in total. The number of carboxylic acids is 1. The van der Waals surface area contributed by atoms with Crippen molar-refractivity contribution in [2.45, 2.75) is 39.2 Å². The van der Waals surface area contributed by atoms with Crippen LogP contribution in [0.2, 0.25) is 0 Å². The molecule has 2 amide bonds. The highest BCUT2D eigenvalue weighted by Gasteiger charge is 2.20. The minimum Gasteiger partial charge on any atom is -0.478 e. The fourth-order valence-corrected chi connectivity index (χ4v) is 1.95. The van der Waals surface area contributed by atoms with E-state index in [0.29, 0.717) is 0 Å². The van der Waals surface area contributed by atoms with E-state index >= 15 is 0 Å². The lowest BCUT2D eigenvalue weighted by Gasteiger charge is -2.26. The number of urea groups is 1. The van der Waals surface area contributed by atoms with Crippen molar-refractivity contribution in [1.29, 1.82) is 0 Å². The molecule has 5 nitrogen and oxygen atoms in total. The van der Waals surface area contributed by atoms with E-state index in [2.05, 4.69) is 10.6 Å². The van der Waals surface area contributed by atoms with Gasteiger partial charge < -0.3 is 15.7 Å². The van der Waals surface area contributed by atoms with Gasteiger partial charge in [-0.3, -0.25) is 0 Å². The SMILES string of the molecule is CCCC(C)(C)NC(=O)Nc1cc(F)ccc1C(=O)O. The molecule has 0 saturated carbocycles. The molecule has 6 heteroatoms. The second-order valence-corrected chi connectivity index (χ2v) is 5.21. The lowest BCUT2D eigenvalue weighted by atomic mass is 9.99. The molecule has 0 saturated heterocycles. The summed E-state index contributed by atoms with van der Waals surface area (Å²) in [6.45, 7) is 5.72. The summed E-state index contributed by atoms with van der Waals surface area (Å²) in [5, 5.41) is 14.1. The Morgan fingerprint density at radius 2 is 2.00 bits per heavy atom. The smallest absolute Gasteiger partial charge is 0.337 e. The van der Waals surface area contributed by atoms with E-state index < -0.39 is 23.4 Å². The number of aromatic carboxylic acids is 1. The van der Waals surface area contributed by atoms with Crippen molar-refractivity contribution < 1.29 is 19.1 Å². The first-order valence-corrected chi connectivity index (χ1v) is 6.37. The molecule has 0 atom stereocenters. The summed E-state index contributed by atoms with van der Waals surface area (Å²) in [5.74, 6) is -1.84. The summed E-state index contributed by atoms with van der Waals surface area (Å²) in [4.78, 5) is 22.9. The molecule has 0 aliphatic heterocycles. The number of hydrogen-bond acceptors (Lipinski definition) is 2. The Balaban J connectivity index is 2.85. The van der Waals surface area contributed by atoms with Crippen LogP contribution >= 0.6 is 0 Å². The van der Waals surface area contributed by atoms with Gasteiger partial charge >= 0.3 is 12.0 Å². The lowest BCUT2D eigenvalue weighted by Crippen LogP contribution is -2.45. The molecule has 20 heavy (non-hydrogen) atoms. The van der Waals surface area contributed by atoms with Crippen LogP contribution in [0.1, 0.15) is 44.0 Å². The molecular formula is C14H19FN2O3. The van der Waals surface area contributed by atoms with E-state index in [-0.39, 0.29) is 11.3 Å². The fraction of sp³-hybridized carbons (Fsp3) is 0.429.